The van der Waals surface area contributed by atoms with Gasteiger partial charge in [0.1, 0.15) is 17.9 Å². The average Bonchev–Trinajstić information content (AvgIpc) is 2.84. The van der Waals surface area contributed by atoms with Gasteiger partial charge >= 0.3 is 0 Å². The number of aryl methyl sites for hydroxylation is 1. The molecule has 0 spiro atoms. The fraction of sp³-hybridized carbons (Fsp3) is 0.308. The summed E-state index contributed by atoms with van der Waals surface area (Å²) in [5.74, 6) is 1.07. The molecule has 1 aromatic carbocycles. The molecule has 0 radical (unpaired) electrons. The first kappa shape index (κ1) is 13.9. The number of nitrogens with two attached hydrogens (primary N) is 1. The largest absolute Gasteiger partial charge is 0.496 e. The van der Waals surface area contributed by atoms with Gasteiger partial charge in [0.15, 0.2) is 0 Å². The topological polar surface area (TPSA) is 95.1 Å². The Morgan fingerprint density at radius 3 is 2.95 bits per heavy atom. The van der Waals surface area contributed by atoms with Crippen molar-refractivity contribution in [2.75, 3.05) is 19.4 Å². The molecule has 1 aromatic heterocycles. The Kier molecular flexibility index (Phi) is 4.19. The van der Waals surface area contributed by atoms with Gasteiger partial charge in [-0.3, -0.25) is 4.79 Å². The van der Waals surface area contributed by atoms with E-state index in [0.717, 1.165) is 5.82 Å². The van der Waals surface area contributed by atoms with Crippen LogP contribution in [0.4, 0.5) is 5.69 Å². The van der Waals surface area contributed by atoms with Crippen molar-refractivity contribution in [3.8, 4) is 5.75 Å². The third-order valence-electron chi connectivity index (χ3n) is 2.91. The summed E-state index contributed by atoms with van der Waals surface area (Å²) in [6, 6.07) is 4.93. The molecule has 0 aliphatic heterocycles. The van der Waals surface area contributed by atoms with Crippen LogP contribution in [0.15, 0.2) is 24.5 Å². The second-order valence-electron chi connectivity index (χ2n) is 4.32. The summed E-state index contributed by atoms with van der Waals surface area (Å²) in [5, 5.41) is 10.5. The van der Waals surface area contributed by atoms with Gasteiger partial charge in [-0.25, -0.2) is 0 Å². The fourth-order valence-corrected chi connectivity index (χ4v) is 1.81. The molecular weight excluding hydrogens is 258 g/mol. The maximum Gasteiger partial charge on any atom is 0.255 e. The van der Waals surface area contributed by atoms with Gasteiger partial charge in [0.2, 0.25) is 0 Å². The summed E-state index contributed by atoms with van der Waals surface area (Å²) in [7, 11) is 3.37. The van der Waals surface area contributed by atoms with Crippen LogP contribution in [0, 0.1) is 0 Å². The normalized spacial score (nSPS) is 10.3. The lowest BCUT2D eigenvalue weighted by atomic mass is 10.1. The second-order valence-corrected chi connectivity index (χ2v) is 4.32. The van der Waals surface area contributed by atoms with E-state index in [2.05, 4.69) is 15.5 Å². The van der Waals surface area contributed by atoms with Crippen molar-refractivity contribution < 1.29 is 9.53 Å². The lowest BCUT2D eigenvalue weighted by molar-refractivity contribution is 0.0951. The van der Waals surface area contributed by atoms with Crippen molar-refractivity contribution in [1.29, 1.82) is 0 Å². The minimum Gasteiger partial charge on any atom is -0.496 e. The smallest absolute Gasteiger partial charge is 0.255 e. The molecule has 1 heterocycles. The number of hydrogen-bond acceptors (Lipinski definition) is 5. The molecule has 0 fully saturated rings. The maximum atomic E-state index is 12.1. The first-order valence-electron chi connectivity index (χ1n) is 6.16. The number of rotatable bonds is 5. The van der Waals surface area contributed by atoms with Gasteiger partial charge in [0.25, 0.3) is 5.91 Å². The summed E-state index contributed by atoms with van der Waals surface area (Å²) >= 11 is 0. The van der Waals surface area contributed by atoms with Crippen LogP contribution >= 0.6 is 0 Å². The molecule has 20 heavy (non-hydrogen) atoms. The Labute approximate surface area is 116 Å². The highest BCUT2D eigenvalue weighted by molar-refractivity contribution is 5.97. The summed E-state index contributed by atoms with van der Waals surface area (Å²) in [6.45, 7) is 0.471. The fourth-order valence-electron chi connectivity index (χ4n) is 1.81. The number of ether oxygens (including phenoxy) is 1. The van der Waals surface area contributed by atoms with E-state index in [0.29, 0.717) is 30.0 Å². The summed E-state index contributed by atoms with van der Waals surface area (Å²) in [5.41, 5.74) is 6.67. The quantitative estimate of drug-likeness (QED) is 0.769. The van der Waals surface area contributed by atoms with Crippen molar-refractivity contribution >= 4 is 11.6 Å². The molecule has 2 aromatic rings. The molecule has 0 aliphatic rings. The number of nitrogens with one attached hydrogen (secondary N) is 1. The number of aromatic nitrogens is 3. The number of benzene rings is 1. The molecule has 0 atom stereocenters. The van der Waals surface area contributed by atoms with E-state index in [4.69, 9.17) is 10.5 Å². The molecular formula is C13H17N5O2. The van der Waals surface area contributed by atoms with Crippen molar-refractivity contribution in [1.82, 2.24) is 20.1 Å². The highest BCUT2D eigenvalue weighted by atomic mass is 16.5. The second kappa shape index (κ2) is 6.05. The molecule has 106 valence electrons. The Balaban J connectivity index is 1.97. The molecule has 0 saturated carbocycles. The highest BCUT2D eigenvalue weighted by Gasteiger charge is 2.12. The van der Waals surface area contributed by atoms with Gasteiger partial charge in [-0.05, 0) is 12.1 Å². The zero-order chi connectivity index (χ0) is 14.5. The molecule has 0 unspecified atom stereocenters. The lowest BCUT2D eigenvalue weighted by Crippen LogP contribution is -2.26. The van der Waals surface area contributed by atoms with E-state index in [1.807, 2.05) is 11.6 Å². The lowest BCUT2D eigenvalue weighted by Gasteiger charge is -2.09. The molecule has 0 aliphatic carbocycles. The minimum absolute atomic E-state index is 0.205. The zero-order valence-corrected chi connectivity index (χ0v) is 11.5. The highest BCUT2D eigenvalue weighted by Crippen LogP contribution is 2.21. The van der Waals surface area contributed by atoms with Gasteiger partial charge in [-0.2, -0.15) is 0 Å². The Morgan fingerprint density at radius 2 is 2.30 bits per heavy atom. The van der Waals surface area contributed by atoms with Crippen LogP contribution in [0.5, 0.6) is 5.75 Å². The van der Waals surface area contributed by atoms with Crippen LogP contribution < -0.4 is 15.8 Å². The zero-order valence-electron chi connectivity index (χ0n) is 11.5. The molecule has 3 N–H and O–H groups in total. The van der Waals surface area contributed by atoms with Gasteiger partial charge in [0.05, 0.1) is 12.7 Å². The predicted octanol–water partition coefficient (Wildman–Crippen LogP) is 0.378. The van der Waals surface area contributed by atoms with Crippen LogP contribution in [-0.2, 0) is 13.5 Å². The molecule has 2 rings (SSSR count). The van der Waals surface area contributed by atoms with E-state index < -0.39 is 0 Å². The Bertz CT molecular complexity index is 609. The van der Waals surface area contributed by atoms with Crippen LogP contribution in [0.1, 0.15) is 16.2 Å². The van der Waals surface area contributed by atoms with E-state index in [-0.39, 0.29) is 5.91 Å². The van der Waals surface area contributed by atoms with Gasteiger partial charge < -0.3 is 20.4 Å². The average molecular weight is 275 g/mol. The number of hydrogen-bond donors (Lipinski definition) is 2. The van der Waals surface area contributed by atoms with Gasteiger partial charge in [0, 0.05) is 31.8 Å². The summed E-state index contributed by atoms with van der Waals surface area (Å²) in [6.07, 6.45) is 2.24. The third kappa shape index (κ3) is 3.05. The van der Waals surface area contributed by atoms with Crippen molar-refractivity contribution in [2.45, 2.75) is 6.42 Å². The third-order valence-corrected chi connectivity index (χ3v) is 2.91. The number of nitrogen functional groups attached to an aromatic ring is 1. The molecule has 0 bridgehead atoms. The van der Waals surface area contributed by atoms with Gasteiger partial charge in [-0.1, -0.05) is 0 Å². The Hall–Kier alpha value is -2.57. The number of methoxy groups -OCH3 is 1. The van der Waals surface area contributed by atoms with Crippen LogP contribution in [0.2, 0.25) is 0 Å². The molecule has 0 saturated heterocycles. The number of carbonyl (C=O) groups excluding carboxylic acids is 1. The number of nitrogens with zero attached hydrogens (tertiary/aromatic N) is 3. The summed E-state index contributed by atoms with van der Waals surface area (Å²) in [4.78, 5) is 12.1. The maximum absolute atomic E-state index is 12.1. The van der Waals surface area contributed by atoms with E-state index in [9.17, 15) is 4.79 Å². The van der Waals surface area contributed by atoms with Crippen molar-refractivity contribution in [3.63, 3.8) is 0 Å². The predicted molar refractivity (Wildman–Crippen MR) is 74.4 cm³/mol. The minimum atomic E-state index is -0.205. The molecule has 7 heteroatoms. The Morgan fingerprint density at radius 1 is 1.50 bits per heavy atom. The standard InChI is InChI=1S/C13H17N5O2/c1-18-8-16-17-12(18)5-6-15-13(19)10-4-3-9(14)7-11(10)20-2/h3-4,7-8H,5-6,14H2,1-2H3,(H,15,19). The van der Waals surface area contributed by atoms with Crippen LogP contribution in [0.3, 0.4) is 0 Å². The summed E-state index contributed by atoms with van der Waals surface area (Å²) < 4.78 is 6.97. The van der Waals surface area contributed by atoms with E-state index in [1.54, 1.807) is 24.5 Å². The number of amides is 1. The van der Waals surface area contributed by atoms with Gasteiger partial charge in [-0.15, -0.1) is 10.2 Å². The monoisotopic (exact) mass is 275 g/mol. The van der Waals surface area contributed by atoms with Crippen molar-refractivity contribution in [2.24, 2.45) is 7.05 Å². The first-order valence-corrected chi connectivity index (χ1v) is 6.16. The number of carbonyl (C=O) groups is 1. The molecule has 7 nitrogen and oxygen atoms in total. The number of anilines is 1. The van der Waals surface area contributed by atoms with E-state index >= 15 is 0 Å². The van der Waals surface area contributed by atoms with E-state index in [1.165, 1.54) is 7.11 Å². The van der Waals surface area contributed by atoms with Crippen LogP contribution in [-0.4, -0.2) is 34.3 Å². The van der Waals surface area contributed by atoms with Crippen molar-refractivity contribution in [3.05, 3.63) is 35.9 Å². The molecule has 1 amide bonds. The SMILES string of the molecule is COc1cc(N)ccc1C(=O)NCCc1nncn1C. The first-order chi connectivity index (χ1) is 9.61. The van der Waals surface area contributed by atoms with Crippen LogP contribution in [0.25, 0.3) is 0 Å².